The predicted octanol–water partition coefficient (Wildman–Crippen LogP) is 2.81. The van der Waals surface area contributed by atoms with Crippen LogP contribution in [0.4, 0.5) is 11.4 Å². The number of aryl methyl sites for hydroxylation is 3. The summed E-state index contributed by atoms with van der Waals surface area (Å²) in [4.78, 5) is 21.6. The van der Waals surface area contributed by atoms with Gasteiger partial charge in [-0.25, -0.2) is 14.6 Å². The summed E-state index contributed by atoms with van der Waals surface area (Å²) in [6, 6.07) is 5.21. The first-order valence-electron chi connectivity index (χ1n) is 9.18. The zero-order valence-corrected chi connectivity index (χ0v) is 18.0. The highest BCUT2D eigenvalue weighted by atomic mass is 35.5. The van der Waals surface area contributed by atoms with Crippen molar-refractivity contribution in [2.45, 2.75) is 34.1 Å². The summed E-state index contributed by atoms with van der Waals surface area (Å²) in [7, 11) is 0. The standard InChI is InChI=1S/C20H22N6O3.ClH/c1-10-5-11(2)23-20(22-10)26-13(4)14(12(3)25-26)6-19(27)24-16-8-18-17(7-15(16)21)28-9-29-18;/h5,7-8H,6,9,21H2,1-4H3,(H,24,27);1H. The van der Waals surface area contributed by atoms with Crippen LogP contribution in [0.3, 0.4) is 0 Å². The quantitative estimate of drug-likeness (QED) is 0.611. The van der Waals surface area contributed by atoms with Crippen LogP contribution < -0.4 is 20.5 Å². The van der Waals surface area contributed by atoms with E-state index in [1.165, 1.54) is 0 Å². The van der Waals surface area contributed by atoms with Crippen LogP contribution in [0.15, 0.2) is 18.2 Å². The molecule has 0 bridgehead atoms. The lowest BCUT2D eigenvalue weighted by atomic mass is 10.1. The molecule has 9 nitrogen and oxygen atoms in total. The summed E-state index contributed by atoms with van der Waals surface area (Å²) in [5.41, 5.74) is 11.0. The van der Waals surface area contributed by atoms with Gasteiger partial charge in [-0.15, -0.1) is 12.4 Å². The van der Waals surface area contributed by atoms with Crippen molar-refractivity contribution in [3.05, 3.63) is 46.5 Å². The molecule has 2 aromatic heterocycles. The summed E-state index contributed by atoms with van der Waals surface area (Å²) in [5.74, 6) is 1.42. The fourth-order valence-corrected chi connectivity index (χ4v) is 3.35. The molecule has 0 unspecified atom stereocenters. The smallest absolute Gasteiger partial charge is 0.251 e. The number of carbonyl (C=O) groups is 1. The van der Waals surface area contributed by atoms with Crippen molar-refractivity contribution in [1.29, 1.82) is 0 Å². The van der Waals surface area contributed by atoms with Crippen LogP contribution in [-0.4, -0.2) is 32.4 Å². The molecule has 1 aromatic carbocycles. The van der Waals surface area contributed by atoms with Crippen molar-refractivity contribution < 1.29 is 14.3 Å². The summed E-state index contributed by atoms with van der Waals surface area (Å²) < 4.78 is 12.3. The number of aromatic nitrogens is 4. The Morgan fingerprint density at radius 2 is 1.73 bits per heavy atom. The zero-order valence-electron chi connectivity index (χ0n) is 17.1. The molecule has 1 aliphatic heterocycles. The molecule has 0 fully saturated rings. The molecule has 3 heterocycles. The van der Waals surface area contributed by atoms with E-state index in [9.17, 15) is 4.79 Å². The zero-order chi connectivity index (χ0) is 20.7. The number of hydrogen-bond donors (Lipinski definition) is 2. The summed E-state index contributed by atoms with van der Waals surface area (Å²) in [6.45, 7) is 7.73. The maximum atomic E-state index is 12.7. The Kier molecular flexibility index (Phi) is 5.84. The lowest BCUT2D eigenvalue weighted by Gasteiger charge is -2.10. The Hall–Kier alpha value is -3.33. The Morgan fingerprint density at radius 3 is 2.40 bits per heavy atom. The molecule has 3 N–H and O–H groups in total. The summed E-state index contributed by atoms with van der Waals surface area (Å²) in [6.07, 6.45) is 0.149. The van der Waals surface area contributed by atoms with E-state index >= 15 is 0 Å². The normalized spacial score (nSPS) is 11.9. The highest BCUT2D eigenvalue weighted by molar-refractivity contribution is 5.96. The summed E-state index contributed by atoms with van der Waals surface area (Å²) >= 11 is 0. The number of nitrogen functional groups attached to an aromatic ring is 1. The third-order valence-corrected chi connectivity index (χ3v) is 4.76. The molecular formula is C20H23ClN6O3. The van der Waals surface area contributed by atoms with Gasteiger partial charge in [-0.3, -0.25) is 4.79 Å². The van der Waals surface area contributed by atoms with Gasteiger partial charge in [0.2, 0.25) is 12.7 Å². The van der Waals surface area contributed by atoms with Crippen molar-refractivity contribution in [3.63, 3.8) is 0 Å². The second kappa shape index (κ2) is 8.19. The van der Waals surface area contributed by atoms with E-state index in [0.29, 0.717) is 28.8 Å². The van der Waals surface area contributed by atoms with Gasteiger partial charge in [0, 0.05) is 34.8 Å². The van der Waals surface area contributed by atoms with E-state index in [4.69, 9.17) is 15.2 Å². The van der Waals surface area contributed by atoms with Crippen molar-refractivity contribution in [1.82, 2.24) is 19.7 Å². The first-order chi connectivity index (χ1) is 13.8. The first kappa shape index (κ1) is 21.4. The number of amides is 1. The Labute approximate surface area is 180 Å². The number of carbonyl (C=O) groups excluding carboxylic acids is 1. The van der Waals surface area contributed by atoms with Crippen LogP contribution in [0.5, 0.6) is 11.5 Å². The minimum absolute atomic E-state index is 0. The number of nitrogens with zero attached hydrogens (tertiary/aromatic N) is 4. The Bertz CT molecular complexity index is 1110. The van der Waals surface area contributed by atoms with Crippen molar-refractivity contribution in [2.75, 3.05) is 17.8 Å². The lowest BCUT2D eigenvalue weighted by molar-refractivity contribution is -0.115. The number of halogens is 1. The van der Waals surface area contributed by atoms with Crippen LogP contribution in [0.1, 0.15) is 28.3 Å². The average Bonchev–Trinajstić information content (AvgIpc) is 3.20. The van der Waals surface area contributed by atoms with Crippen LogP contribution in [0.25, 0.3) is 5.95 Å². The number of nitrogens with one attached hydrogen (secondary N) is 1. The van der Waals surface area contributed by atoms with Gasteiger partial charge in [0.1, 0.15) is 0 Å². The number of ether oxygens (including phenoxy) is 2. The molecule has 158 valence electrons. The van der Waals surface area contributed by atoms with Gasteiger partial charge in [-0.2, -0.15) is 5.10 Å². The molecule has 0 spiro atoms. The predicted molar refractivity (Wildman–Crippen MR) is 115 cm³/mol. The Balaban J connectivity index is 0.00000256. The average molecular weight is 431 g/mol. The molecule has 0 radical (unpaired) electrons. The monoisotopic (exact) mass is 430 g/mol. The first-order valence-corrected chi connectivity index (χ1v) is 9.18. The van der Waals surface area contributed by atoms with Gasteiger partial charge in [0.25, 0.3) is 5.95 Å². The third kappa shape index (κ3) is 4.02. The summed E-state index contributed by atoms with van der Waals surface area (Å²) in [5, 5.41) is 7.38. The molecule has 0 saturated carbocycles. The van der Waals surface area contributed by atoms with Crippen molar-refractivity contribution in [3.8, 4) is 17.4 Å². The molecule has 4 rings (SSSR count). The van der Waals surface area contributed by atoms with Gasteiger partial charge in [0.15, 0.2) is 11.5 Å². The van der Waals surface area contributed by atoms with Gasteiger partial charge in [0.05, 0.1) is 23.5 Å². The van der Waals surface area contributed by atoms with Crippen LogP contribution in [0, 0.1) is 27.7 Å². The second-order valence-electron chi connectivity index (χ2n) is 7.03. The minimum Gasteiger partial charge on any atom is -0.454 e. The molecule has 0 aliphatic carbocycles. The molecule has 30 heavy (non-hydrogen) atoms. The van der Waals surface area contributed by atoms with Gasteiger partial charge in [-0.1, -0.05) is 0 Å². The van der Waals surface area contributed by atoms with Gasteiger partial charge >= 0.3 is 0 Å². The molecule has 1 amide bonds. The van der Waals surface area contributed by atoms with Crippen LogP contribution >= 0.6 is 12.4 Å². The lowest BCUT2D eigenvalue weighted by Crippen LogP contribution is -2.16. The number of fused-ring (bicyclic) bond motifs is 1. The largest absolute Gasteiger partial charge is 0.454 e. The number of anilines is 2. The molecule has 3 aromatic rings. The van der Waals surface area contributed by atoms with E-state index in [2.05, 4.69) is 20.4 Å². The number of benzene rings is 1. The minimum atomic E-state index is -0.206. The van der Waals surface area contributed by atoms with E-state index in [0.717, 1.165) is 28.3 Å². The van der Waals surface area contributed by atoms with Crippen LogP contribution in [0.2, 0.25) is 0 Å². The van der Waals surface area contributed by atoms with E-state index in [1.807, 2.05) is 33.8 Å². The number of rotatable bonds is 4. The van der Waals surface area contributed by atoms with Crippen LogP contribution in [-0.2, 0) is 11.2 Å². The molecular weight excluding hydrogens is 408 g/mol. The molecule has 10 heteroatoms. The van der Waals surface area contributed by atoms with E-state index in [1.54, 1.807) is 16.8 Å². The SMILES string of the molecule is Cc1cc(C)nc(-n2nc(C)c(CC(=O)Nc3cc4c(cc3N)OCO4)c2C)n1.Cl. The maximum absolute atomic E-state index is 12.7. The van der Waals surface area contributed by atoms with Crippen molar-refractivity contribution >= 4 is 29.7 Å². The molecule has 0 saturated heterocycles. The van der Waals surface area contributed by atoms with E-state index in [-0.39, 0.29) is 31.5 Å². The fourth-order valence-electron chi connectivity index (χ4n) is 3.35. The van der Waals surface area contributed by atoms with Gasteiger partial charge in [-0.05, 0) is 33.8 Å². The topological polar surface area (TPSA) is 117 Å². The second-order valence-corrected chi connectivity index (χ2v) is 7.03. The third-order valence-electron chi connectivity index (χ3n) is 4.76. The fraction of sp³-hybridized carbons (Fsp3) is 0.300. The Morgan fingerprint density at radius 1 is 1.10 bits per heavy atom. The highest BCUT2D eigenvalue weighted by Gasteiger charge is 2.20. The molecule has 0 atom stereocenters. The number of hydrogen-bond acceptors (Lipinski definition) is 7. The van der Waals surface area contributed by atoms with Crippen molar-refractivity contribution in [2.24, 2.45) is 0 Å². The number of nitrogens with two attached hydrogens (primary N) is 1. The molecule has 1 aliphatic rings. The van der Waals surface area contributed by atoms with E-state index < -0.39 is 0 Å². The maximum Gasteiger partial charge on any atom is 0.251 e. The van der Waals surface area contributed by atoms with Gasteiger partial charge < -0.3 is 20.5 Å². The highest BCUT2D eigenvalue weighted by Crippen LogP contribution is 2.38.